The van der Waals surface area contributed by atoms with E-state index in [4.69, 9.17) is 34.8 Å². The highest BCUT2D eigenvalue weighted by molar-refractivity contribution is 14.1. The van der Waals surface area contributed by atoms with Gasteiger partial charge in [-0.25, -0.2) is 0 Å². The summed E-state index contributed by atoms with van der Waals surface area (Å²) in [6, 6.07) is 9.63. The Bertz CT molecular complexity index is 579. The number of halogens is 4. The zero-order chi connectivity index (χ0) is 12.6. The van der Waals surface area contributed by atoms with Crippen LogP contribution in [-0.4, -0.2) is 0 Å². The molecule has 0 aliphatic heterocycles. The van der Waals surface area contributed by atoms with Crippen LogP contribution in [0.5, 0.6) is 0 Å². The molecule has 88 valence electrons. The summed E-state index contributed by atoms with van der Waals surface area (Å²) >= 11 is 20.8. The van der Waals surface area contributed by atoms with Crippen LogP contribution in [-0.2, 0) is 0 Å². The molecule has 0 bridgehead atoms. The molecular formula is C13H8Cl3I. The summed E-state index contributed by atoms with van der Waals surface area (Å²) in [6.45, 7) is 2.03. The predicted octanol–water partition coefficient (Wildman–Crippen LogP) is 6.23. The lowest BCUT2D eigenvalue weighted by atomic mass is 10.0. The van der Waals surface area contributed by atoms with Gasteiger partial charge in [0, 0.05) is 9.13 Å². The molecule has 0 heterocycles. The van der Waals surface area contributed by atoms with Gasteiger partial charge >= 0.3 is 0 Å². The van der Waals surface area contributed by atoms with Gasteiger partial charge in [0.1, 0.15) is 0 Å². The highest BCUT2D eigenvalue weighted by atomic mass is 127. The largest absolute Gasteiger partial charge is 0.0836 e. The lowest BCUT2D eigenvalue weighted by Crippen LogP contribution is -1.88. The van der Waals surface area contributed by atoms with Crippen molar-refractivity contribution < 1.29 is 0 Å². The van der Waals surface area contributed by atoms with Gasteiger partial charge in [-0.15, -0.1) is 0 Å². The van der Waals surface area contributed by atoms with Crippen molar-refractivity contribution in [2.75, 3.05) is 0 Å². The Kier molecular flexibility index (Phi) is 4.24. The van der Waals surface area contributed by atoms with E-state index in [0.29, 0.717) is 15.1 Å². The molecular weight excluding hydrogens is 389 g/mol. The Hall–Kier alpha value is 0.0400. The lowest BCUT2D eigenvalue weighted by Gasteiger charge is -2.11. The van der Waals surface area contributed by atoms with Crippen LogP contribution in [0.15, 0.2) is 30.3 Å². The van der Waals surface area contributed by atoms with E-state index in [1.54, 1.807) is 12.1 Å². The van der Waals surface area contributed by atoms with Crippen molar-refractivity contribution in [1.29, 1.82) is 0 Å². The maximum Gasteiger partial charge on any atom is 0.0686 e. The van der Waals surface area contributed by atoms with Crippen LogP contribution in [0, 0.1) is 10.5 Å². The maximum atomic E-state index is 6.24. The molecule has 0 nitrogen and oxygen atoms in total. The Morgan fingerprint density at radius 1 is 0.941 bits per heavy atom. The van der Waals surface area contributed by atoms with Crippen molar-refractivity contribution in [2.45, 2.75) is 6.92 Å². The highest BCUT2D eigenvalue weighted by Gasteiger charge is 2.14. The zero-order valence-corrected chi connectivity index (χ0v) is 13.3. The summed E-state index contributed by atoms with van der Waals surface area (Å²) in [6.07, 6.45) is 0. The molecule has 0 radical (unpaired) electrons. The molecule has 2 aromatic carbocycles. The second-order valence-corrected chi connectivity index (χ2v) is 6.06. The lowest BCUT2D eigenvalue weighted by molar-refractivity contribution is 1.45. The SMILES string of the molecule is Cc1ccc(I)c(-c2c(Cl)ccc(Cl)c2Cl)c1. The van der Waals surface area contributed by atoms with Crippen LogP contribution < -0.4 is 0 Å². The van der Waals surface area contributed by atoms with Gasteiger partial charge in [-0.1, -0.05) is 52.5 Å². The molecule has 0 saturated carbocycles. The fraction of sp³-hybridized carbons (Fsp3) is 0.0769. The molecule has 0 aromatic heterocycles. The molecule has 0 amide bonds. The average Bonchev–Trinajstić information content (AvgIpc) is 2.29. The van der Waals surface area contributed by atoms with Gasteiger partial charge in [0.25, 0.3) is 0 Å². The van der Waals surface area contributed by atoms with Crippen molar-refractivity contribution >= 4 is 57.4 Å². The number of benzene rings is 2. The normalized spacial score (nSPS) is 10.6. The third-order valence-electron chi connectivity index (χ3n) is 2.44. The second-order valence-electron chi connectivity index (χ2n) is 3.70. The van der Waals surface area contributed by atoms with E-state index >= 15 is 0 Å². The molecule has 0 N–H and O–H groups in total. The van der Waals surface area contributed by atoms with E-state index in [9.17, 15) is 0 Å². The molecule has 2 aromatic rings. The molecule has 0 saturated heterocycles. The smallest absolute Gasteiger partial charge is 0.0686 e. The molecule has 0 unspecified atom stereocenters. The van der Waals surface area contributed by atoms with Crippen LogP contribution in [0.25, 0.3) is 11.1 Å². The summed E-state index contributed by atoms with van der Waals surface area (Å²) in [7, 11) is 0. The molecule has 0 aliphatic rings. The monoisotopic (exact) mass is 396 g/mol. The van der Waals surface area contributed by atoms with Crippen molar-refractivity contribution in [3.63, 3.8) is 0 Å². The fourth-order valence-corrected chi connectivity index (χ4v) is 2.94. The van der Waals surface area contributed by atoms with Crippen LogP contribution in [0.4, 0.5) is 0 Å². The van der Waals surface area contributed by atoms with Crippen LogP contribution >= 0.6 is 57.4 Å². The van der Waals surface area contributed by atoms with Gasteiger partial charge in [-0.3, -0.25) is 0 Å². The van der Waals surface area contributed by atoms with Gasteiger partial charge < -0.3 is 0 Å². The Labute approximate surface area is 129 Å². The van der Waals surface area contributed by atoms with E-state index in [2.05, 4.69) is 34.7 Å². The van der Waals surface area contributed by atoms with Crippen molar-refractivity contribution in [1.82, 2.24) is 0 Å². The third kappa shape index (κ3) is 2.73. The van der Waals surface area contributed by atoms with Gasteiger partial charge in [-0.05, 0) is 53.3 Å². The third-order valence-corrected chi connectivity index (χ3v) is 4.50. The minimum Gasteiger partial charge on any atom is -0.0836 e. The Morgan fingerprint density at radius 3 is 2.29 bits per heavy atom. The first-order valence-corrected chi connectivity index (χ1v) is 7.12. The Balaban J connectivity index is 2.76. The van der Waals surface area contributed by atoms with Gasteiger partial charge in [-0.2, -0.15) is 0 Å². The first-order valence-electron chi connectivity index (χ1n) is 4.90. The Morgan fingerprint density at radius 2 is 1.59 bits per heavy atom. The summed E-state index contributed by atoms with van der Waals surface area (Å²) in [5.74, 6) is 0. The molecule has 4 heteroatoms. The van der Waals surface area contributed by atoms with Gasteiger partial charge in [0.2, 0.25) is 0 Å². The van der Waals surface area contributed by atoms with Crippen LogP contribution in [0.3, 0.4) is 0 Å². The highest BCUT2D eigenvalue weighted by Crippen LogP contribution is 2.40. The zero-order valence-electron chi connectivity index (χ0n) is 8.90. The van der Waals surface area contributed by atoms with Crippen LogP contribution in [0.1, 0.15) is 5.56 Å². The first kappa shape index (κ1) is 13.5. The van der Waals surface area contributed by atoms with E-state index in [0.717, 1.165) is 20.3 Å². The van der Waals surface area contributed by atoms with Gasteiger partial charge in [0.15, 0.2) is 0 Å². The van der Waals surface area contributed by atoms with E-state index in [-0.39, 0.29) is 0 Å². The summed E-state index contributed by atoms with van der Waals surface area (Å²) in [4.78, 5) is 0. The molecule has 0 atom stereocenters. The predicted molar refractivity (Wildman–Crippen MR) is 84.4 cm³/mol. The number of hydrogen-bond donors (Lipinski definition) is 0. The molecule has 0 spiro atoms. The summed E-state index contributed by atoms with van der Waals surface area (Å²) in [5.41, 5.74) is 2.98. The molecule has 0 fully saturated rings. The molecule has 17 heavy (non-hydrogen) atoms. The topological polar surface area (TPSA) is 0 Å². The van der Waals surface area contributed by atoms with E-state index in [1.165, 1.54) is 0 Å². The first-order chi connectivity index (χ1) is 8.00. The standard InChI is InChI=1S/C13H8Cl3I/c1-7-2-5-11(17)8(6-7)12-9(14)3-4-10(15)13(12)16/h2-6H,1H3. The molecule has 2 rings (SSSR count). The van der Waals surface area contributed by atoms with Gasteiger partial charge in [0.05, 0.1) is 15.1 Å². The number of aryl methyl sites for hydroxylation is 1. The summed E-state index contributed by atoms with van der Waals surface area (Å²) in [5, 5.41) is 1.63. The number of rotatable bonds is 1. The van der Waals surface area contributed by atoms with E-state index < -0.39 is 0 Å². The van der Waals surface area contributed by atoms with Crippen molar-refractivity contribution in [3.05, 3.63) is 54.5 Å². The summed E-state index contributed by atoms with van der Waals surface area (Å²) < 4.78 is 1.10. The van der Waals surface area contributed by atoms with E-state index in [1.807, 2.05) is 13.0 Å². The van der Waals surface area contributed by atoms with Crippen molar-refractivity contribution in [2.24, 2.45) is 0 Å². The van der Waals surface area contributed by atoms with Crippen LogP contribution in [0.2, 0.25) is 15.1 Å². The minimum absolute atomic E-state index is 0.502. The minimum atomic E-state index is 0.502. The molecule has 0 aliphatic carbocycles. The maximum absolute atomic E-state index is 6.24. The fourth-order valence-electron chi connectivity index (χ4n) is 1.60. The number of hydrogen-bond acceptors (Lipinski definition) is 0. The average molecular weight is 397 g/mol. The van der Waals surface area contributed by atoms with Crippen molar-refractivity contribution in [3.8, 4) is 11.1 Å². The quantitative estimate of drug-likeness (QED) is 0.395. The second kappa shape index (κ2) is 5.35.